The Balaban J connectivity index is 0.00000784. The van der Waals surface area contributed by atoms with Crippen LogP contribution in [0.2, 0.25) is 0 Å². The Morgan fingerprint density at radius 2 is 0.500 bits per heavy atom. The third-order valence-electron chi connectivity index (χ3n) is 10.4. The van der Waals surface area contributed by atoms with E-state index >= 15 is 0 Å². The Morgan fingerprint density at radius 3 is 0.685 bits per heavy atom. The van der Waals surface area contributed by atoms with Crippen molar-refractivity contribution < 1.29 is 17.0 Å². The van der Waals surface area contributed by atoms with Gasteiger partial charge in [0.2, 0.25) is 0 Å². The molecule has 0 radical (unpaired) electrons. The summed E-state index contributed by atoms with van der Waals surface area (Å²) in [6.45, 7) is 13.4. The van der Waals surface area contributed by atoms with E-state index in [0.717, 1.165) is 26.2 Å². The first-order chi connectivity index (χ1) is 26.2. The first-order valence-electron chi connectivity index (χ1n) is 21.4. The van der Waals surface area contributed by atoms with Gasteiger partial charge in [0, 0.05) is 0 Å². The van der Waals surface area contributed by atoms with Crippen LogP contribution in [0.1, 0.15) is 130 Å². The van der Waals surface area contributed by atoms with Crippen LogP contribution in [-0.2, 0) is 0 Å². The van der Waals surface area contributed by atoms with E-state index in [1.807, 2.05) is 0 Å². The largest absolute Gasteiger partial charge is 1.00 e. The molecule has 4 aromatic carbocycles. The van der Waals surface area contributed by atoms with Gasteiger partial charge in [0.1, 0.15) is 0 Å². The van der Waals surface area contributed by atoms with Gasteiger partial charge in [-0.15, -0.1) is 0 Å². The highest BCUT2D eigenvalue weighted by Gasteiger charge is 2.63. The quantitative estimate of drug-likeness (QED) is 0.0418. The Hall–Kier alpha value is -3.01. The van der Waals surface area contributed by atoms with Gasteiger partial charge in [0.25, 0.3) is 0 Å². The maximum absolute atomic E-state index is 2.94. The van der Waals surface area contributed by atoms with E-state index in [0.29, 0.717) is 0 Å². The van der Waals surface area contributed by atoms with Gasteiger partial charge in [0.05, 0.1) is 48.9 Å². The lowest BCUT2D eigenvalue weighted by atomic mass is 10.2. The second-order valence-electron chi connectivity index (χ2n) is 14.6. The molecule has 0 heterocycles. The van der Waals surface area contributed by atoms with Crippen LogP contribution in [0.15, 0.2) is 121 Å². The summed E-state index contributed by atoms with van der Waals surface area (Å²) in [5, 5.41) is 0. The van der Waals surface area contributed by atoms with Crippen LogP contribution in [0.25, 0.3) is 0 Å². The highest BCUT2D eigenvalue weighted by Crippen LogP contribution is 2.73. The normalized spacial score (nSPS) is 11.2. The van der Waals surface area contributed by atoms with E-state index in [4.69, 9.17) is 0 Å². The smallest absolute Gasteiger partial charge is 0.405 e. The lowest BCUT2D eigenvalue weighted by Gasteiger charge is -2.53. The zero-order valence-electron chi connectivity index (χ0n) is 34.3. The molecule has 0 aromatic heterocycles. The number of unbranched alkanes of at least 4 members (excludes halogenated alkanes) is 12. The molecule has 0 unspecified atom stereocenters. The third-order valence-corrected chi connectivity index (χ3v) is 14.7. The fraction of sp³-hybridized carbons (Fsp3) is 0.500. The molecule has 0 spiro atoms. The van der Waals surface area contributed by atoms with Gasteiger partial charge < -0.3 is 17.0 Å². The molecule has 296 valence electrons. The summed E-state index contributed by atoms with van der Waals surface area (Å²) in [4.78, 5) is 0. The Kier molecular flexibility index (Phi) is 22.5. The van der Waals surface area contributed by atoms with Crippen molar-refractivity contribution in [2.75, 3.05) is 44.9 Å². The summed E-state index contributed by atoms with van der Waals surface area (Å²) >= 11 is 0. The Bertz CT molecular complexity index is 1230. The number of hydrogen-bond acceptors (Lipinski definition) is 4. The Labute approximate surface area is 342 Å². The van der Waals surface area contributed by atoms with Gasteiger partial charge in [-0.05, 0) is 74.2 Å². The molecule has 4 rings (SSSR count). The number of anilines is 4. The highest BCUT2D eigenvalue weighted by atomic mass is 79.9. The summed E-state index contributed by atoms with van der Waals surface area (Å²) in [6.07, 6.45) is 19.7. The zero-order valence-corrected chi connectivity index (χ0v) is 36.8. The van der Waals surface area contributed by atoms with Crippen LogP contribution < -0.4 is 35.7 Å². The van der Waals surface area contributed by atoms with Crippen molar-refractivity contribution >= 4 is 30.6 Å². The van der Waals surface area contributed by atoms with Gasteiger partial charge in [-0.2, -0.15) is 18.7 Å². The number of hydrogen-bond donors (Lipinski definition) is 0. The van der Waals surface area contributed by atoms with Crippen molar-refractivity contribution in [2.24, 2.45) is 0 Å². The van der Waals surface area contributed by atoms with Gasteiger partial charge in [-0.1, -0.05) is 178 Å². The molecule has 4 aromatic rings. The lowest BCUT2D eigenvalue weighted by molar-refractivity contribution is -0.0000110. The number of halogens is 1. The molecule has 0 N–H and O–H groups in total. The summed E-state index contributed by atoms with van der Waals surface area (Å²) < 4.78 is 11.8. The van der Waals surface area contributed by atoms with E-state index in [9.17, 15) is 0 Å². The number of nitrogens with zero attached hydrogens (tertiary/aromatic N) is 4. The number of benzene rings is 4. The summed E-state index contributed by atoms with van der Waals surface area (Å²) in [6, 6.07) is 46.1. The maximum atomic E-state index is 2.94. The van der Waals surface area contributed by atoms with Crippen molar-refractivity contribution in [1.29, 1.82) is 0 Å². The zero-order chi connectivity index (χ0) is 37.4. The second-order valence-corrected chi connectivity index (χ2v) is 17.6. The molecule has 0 aliphatic rings. The molecule has 4 nitrogen and oxygen atoms in total. The number of rotatable bonds is 28. The van der Waals surface area contributed by atoms with Crippen molar-refractivity contribution in [1.82, 2.24) is 0 Å². The fourth-order valence-corrected chi connectivity index (χ4v) is 12.6. The average Bonchev–Trinajstić information content (AvgIpc) is 3.21. The molecular weight excluding hydrogens is 743 g/mol. The van der Waals surface area contributed by atoms with Crippen LogP contribution in [-0.4, -0.2) is 26.2 Å². The minimum atomic E-state index is -2.69. The number of para-hydroxylation sites is 4. The molecule has 0 aliphatic heterocycles. The van der Waals surface area contributed by atoms with Crippen LogP contribution in [0, 0.1) is 0 Å². The molecule has 0 atom stereocenters. The van der Waals surface area contributed by atoms with Gasteiger partial charge >= 0.3 is 7.87 Å². The monoisotopic (exact) mass is 814 g/mol. The highest BCUT2D eigenvalue weighted by molar-refractivity contribution is 7.81. The Morgan fingerprint density at radius 1 is 0.296 bits per heavy atom. The molecule has 54 heavy (non-hydrogen) atoms. The van der Waals surface area contributed by atoms with E-state index < -0.39 is 7.87 Å². The standard InChI is InChI=1S/C48H72N4P.BrH/c1-5-9-13-29-41-49(45-33-21-17-22-34-45)53(50(42-30-14-10-6-2)46-35-23-18-24-36-46,51(43-31-15-11-7-3)47-37-25-19-26-38-47)52(44-32-16-12-8-4)48-39-27-20-28-40-48;/h17-28,33-40H,5-16,29-32,41-44H2,1-4H3;1H/q+1;/p-1. The minimum absolute atomic E-state index is 0. The van der Waals surface area contributed by atoms with E-state index in [-0.39, 0.29) is 17.0 Å². The third kappa shape index (κ3) is 13.0. The summed E-state index contributed by atoms with van der Waals surface area (Å²) in [5.41, 5.74) is 5.32. The summed E-state index contributed by atoms with van der Waals surface area (Å²) in [5.74, 6) is 0. The fourth-order valence-electron chi connectivity index (χ4n) is 7.61. The van der Waals surface area contributed by atoms with Crippen molar-refractivity contribution in [3.63, 3.8) is 0 Å². The van der Waals surface area contributed by atoms with Crippen LogP contribution in [0.4, 0.5) is 22.7 Å². The van der Waals surface area contributed by atoms with E-state index in [1.54, 1.807) is 0 Å². The lowest BCUT2D eigenvalue weighted by Crippen LogP contribution is -3.00. The maximum Gasteiger partial charge on any atom is 0.405 e. The average molecular weight is 816 g/mol. The molecule has 0 amide bonds. The molecule has 0 saturated carbocycles. The van der Waals surface area contributed by atoms with Crippen LogP contribution in [0.5, 0.6) is 0 Å². The van der Waals surface area contributed by atoms with E-state index in [1.165, 1.54) is 125 Å². The topological polar surface area (TPSA) is 13.0 Å². The van der Waals surface area contributed by atoms with E-state index in [2.05, 4.69) is 168 Å². The first-order valence-corrected chi connectivity index (χ1v) is 23.0. The van der Waals surface area contributed by atoms with Gasteiger partial charge in [-0.25, -0.2) is 0 Å². The predicted octanol–water partition coefficient (Wildman–Crippen LogP) is 12.0. The van der Waals surface area contributed by atoms with Crippen LogP contribution >= 0.6 is 7.87 Å². The van der Waals surface area contributed by atoms with Crippen molar-refractivity contribution in [2.45, 2.75) is 130 Å². The molecule has 0 saturated heterocycles. The molecule has 0 bridgehead atoms. The molecule has 0 aliphatic carbocycles. The SMILES string of the molecule is CCCCCCN(c1ccccc1)[P+](N(CCCCCC)c1ccccc1)(N(CCCCCC)c1ccccc1)N(CCCCCC)c1ccccc1.[Br-]. The minimum Gasteiger partial charge on any atom is -1.00 e. The molecular formula is C48H72BrN4P. The molecule has 6 heteroatoms. The first kappa shape index (κ1) is 45.4. The van der Waals surface area contributed by atoms with Gasteiger partial charge in [-0.3, -0.25) is 0 Å². The summed E-state index contributed by atoms with van der Waals surface area (Å²) in [7, 11) is -2.69. The van der Waals surface area contributed by atoms with Gasteiger partial charge in [0.15, 0.2) is 0 Å². The van der Waals surface area contributed by atoms with Crippen LogP contribution in [0.3, 0.4) is 0 Å². The van der Waals surface area contributed by atoms with Crippen molar-refractivity contribution in [3.8, 4) is 0 Å². The predicted molar refractivity (Wildman–Crippen MR) is 239 cm³/mol. The van der Waals surface area contributed by atoms with Crippen molar-refractivity contribution in [3.05, 3.63) is 121 Å². The second kappa shape index (κ2) is 26.7. The molecule has 0 fully saturated rings.